The fraction of sp³-hybridized carbons (Fsp3) is 0.409. The molecule has 0 aromatic heterocycles. The van der Waals surface area contributed by atoms with Gasteiger partial charge in [-0.05, 0) is 87.9 Å². The van der Waals surface area contributed by atoms with Crippen LogP contribution in [-0.4, -0.2) is 12.0 Å². The molecule has 0 unspecified atom stereocenters. The van der Waals surface area contributed by atoms with Crippen LogP contribution in [-0.2, 0) is 4.79 Å². The summed E-state index contributed by atoms with van der Waals surface area (Å²) in [6.07, 6.45) is -0.546. The first-order valence-electron chi connectivity index (χ1n) is 8.81. The quantitative estimate of drug-likeness (QED) is 0.843. The fourth-order valence-electron chi connectivity index (χ4n) is 2.95. The van der Waals surface area contributed by atoms with Crippen molar-refractivity contribution in [3.63, 3.8) is 0 Å². The molecular formula is C22H29NO2. The zero-order valence-electron chi connectivity index (χ0n) is 16.4. The van der Waals surface area contributed by atoms with Crippen LogP contribution in [0, 0.1) is 34.6 Å². The number of rotatable bonds is 5. The fourth-order valence-corrected chi connectivity index (χ4v) is 2.95. The molecule has 0 saturated heterocycles. The van der Waals surface area contributed by atoms with Crippen molar-refractivity contribution in [2.45, 2.75) is 60.6 Å². The van der Waals surface area contributed by atoms with Crippen molar-refractivity contribution >= 4 is 5.91 Å². The Balaban J connectivity index is 2.08. The van der Waals surface area contributed by atoms with Crippen LogP contribution in [0.4, 0.5) is 0 Å². The largest absolute Gasteiger partial charge is 0.481 e. The number of carbonyl (C=O) groups excluding carboxylic acids is 1. The standard InChI is InChI=1S/C22H29NO2/c1-13-9-8-10-21(17(13)5)25-19(7)22(24)23-18(6)20-12-15(3)14(2)11-16(20)4/h8-12,18-19H,1-7H3,(H,23,24)/t18-,19+/m1/s1. The first-order valence-corrected chi connectivity index (χ1v) is 8.81. The van der Waals surface area contributed by atoms with Crippen LogP contribution in [0.1, 0.15) is 53.3 Å². The topological polar surface area (TPSA) is 38.3 Å². The summed E-state index contributed by atoms with van der Waals surface area (Å²) in [7, 11) is 0. The van der Waals surface area contributed by atoms with Gasteiger partial charge >= 0.3 is 0 Å². The molecule has 0 radical (unpaired) electrons. The predicted molar refractivity (Wildman–Crippen MR) is 103 cm³/mol. The van der Waals surface area contributed by atoms with Gasteiger partial charge in [-0.25, -0.2) is 0 Å². The molecule has 25 heavy (non-hydrogen) atoms. The number of amides is 1. The molecule has 0 heterocycles. The first-order chi connectivity index (χ1) is 11.7. The molecular weight excluding hydrogens is 310 g/mol. The van der Waals surface area contributed by atoms with Crippen molar-refractivity contribution < 1.29 is 9.53 Å². The Labute approximate surface area is 151 Å². The highest BCUT2D eigenvalue weighted by atomic mass is 16.5. The molecule has 0 aliphatic rings. The molecule has 0 aliphatic carbocycles. The van der Waals surface area contributed by atoms with E-state index in [9.17, 15) is 4.79 Å². The molecule has 0 saturated carbocycles. The van der Waals surface area contributed by atoms with Gasteiger partial charge in [-0.3, -0.25) is 4.79 Å². The van der Waals surface area contributed by atoms with E-state index in [-0.39, 0.29) is 11.9 Å². The molecule has 2 aromatic rings. The lowest BCUT2D eigenvalue weighted by Crippen LogP contribution is -2.38. The van der Waals surface area contributed by atoms with Crippen LogP contribution in [0.15, 0.2) is 30.3 Å². The van der Waals surface area contributed by atoms with Crippen LogP contribution >= 0.6 is 0 Å². The van der Waals surface area contributed by atoms with Gasteiger partial charge in [-0.15, -0.1) is 0 Å². The van der Waals surface area contributed by atoms with E-state index in [1.165, 1.54) is 16.7 Å². The second kappa shape index (κ2) is 7.73. The number of hydrogen-bond acceptors (Lipinski definition) is 2. The summed E-state index contributed by atoms with van der Waals surface area (Å²) in [5.41, 5.74) is 7.08. The number of aryl methyl sites for hydroxylation is 4. The summed E-state index contributed by atoms with van der Waals surface area (Å²) in [6.45, 7) is 14.1. The number of ether oxygens (including phenoxy) is 1. The molecule has 2 aromatic carbocycles. The van der Waals surface area contributed by atoms with Gasteiger partial charge in [0.1, 0.15) is 5.75 Å². The van der Waals surface area contributed by atoms with E-state index in [1.807, 2.05) is 39.0 Å². The summed E-state index contributed by atoms with van der Waals surface area (Å²) in [5, 5.41) is 3.07. The van der Waals surface area contributed by atoms with Crippen molar-refractivity contribution in [2.24, 2.45) is 0 Å². The minimum absolute atomic E-state index is 0.0588. The number of carbonyl (C=O) groups is 1. The molecule has 1 amide bonds. The highest BCUT2D eigenvalue weighted by molar-refractivity contribution is 5.81. The Morgan fingerprint density at radius 2 is 1.56 bits per heavy atom. The van der Waals surface area contributed by atoms with Crippen molar-refractivity contribution in [1.29, 1.82) is 0 Å². The molecule has 3 heteroatoms. The highest BCUT2D eigenvalue weighted by Gasteiger charge is 2.19. The third kappa shape index (κ3) is 4.41. The van der Waals surface area contributed by atoms with Crippen LogP contribution in [0.3, 0.4) is 0 Å². The molecule has 0 bridgehead atoms. The maximum atomic E-state index is 12.6. The van der Waals surface area contributed by atoms with E-state index in [0.29, 0.717) is 0 Å². The molecule has 0 aliphatic heterocycles. The van der Waals surface area contributed by atoms with Gasteiger partial charge in [0.05, 0.1) is 6.04 Å². The lowest BCUT2D eigenvalue weighted by atomic mass is 9.96. The summed E-state index contributed by atoms with van der Waals surface area (Å²) in [6, 6.07) is 10.2. The van der Waals surface area contributed by atoms with Gasteiger partial charge in [0, 0.05) is 0 Å². The maximum Gasteiger partial charge on any atom is 0.261 e. The lowest BCUT2D eigenvalue weighted by molar-refractivity contribution is -0.127. The Morgan fingerprint density at radius 1 is 0.920 bits per heavy atom. The highest BCUT2D eigenvalue weighted by Crippen LogP contribution is 2.23. The number of nitrogens with one attached hydrogen (secondary N) is 1. The van der Waals surface area contributed by atoms with Crippen LogP contribution in [0.2, 0.25) is 0 Å². The van der Waals surface area contributed by atoms with E-state index in [1.54, 1.807) is 6.92 Å². The SMILES string of the molecule is Cc1cc(C)c([C@@H](C)NC(=O)[C@H](C)Oc2cccc(C)c2C)cc1C. The van der Waals surface area contributed by atoms with Gasteiger partial charge in [-0.2, -0.15) is 0 Å². The van der Waals surface area contributed by atoms with Crippen LogP contribution in [0.25, 0.3) is 0 Å². The van der Waals surface area contributed by atoms with Crippen molar-refractivity contribution in [1.82, 2.24) is 5.32 Å². The van der Waals surface area contributed by atoms with Crippen LogP contribution < -0.4 is 10.1 Å². The minimum atomic E-state index is -0.546. The Bertz CT molecular complexity index is 780. The number of benzene rings is 2. The summed E-state index contributed by atoms with van der Waals surface area (Å²) in [5.74, 6) is 0.656. The molecule has 2 rings (SSSR count). The average molecular weight is 339 g/mol. The average Bonchev–Trinajstić information content (AvgIpc) is 2.54. The summed E-state index contributed by atoms with van der Waals surface area (Å²) < 4.78 is 5.89. The molecule has 1 N–H and O–H groups in total. The second-order valence-corrected chi connectivity index (χ2v) is 6.98. The Morgan fingerprint density at radius 3 is 2.24 bits per heavy atom. The smallest absolute Gasteiger partial charge is 0.261 e. The van der Waals surface area contributed by atoms with Crippen molar-refractivity contribution in [2.75, 3.05) is 0 Å². The first kappa shape index (κ1) is 19.0. The molecule has 2 atom stereocenters. The van der Waals surface area contributed by atoms with Gasteiger partial charge in [0.25, 0.3) is 5.91 Å². The third-order valence-electron chi connectivity index (χ3n) is 4.94. The minimum Gasteiger partial charge on any atom is -0.481 e. The molecule has 0 spiro atoms. The summed E-state index contributed by atoms with van der Waals surface area (Å²) >= 11 is 0. The van der Waals surface area contributed by atoms with E-state index >= 15 is 0 Å². The zero-order valence-corrected chi connectivity index (χ0v) is 16.4. The Kier molecular flexibility index (Phi) is 5.89. The third-order valence-corrected chi connectivity index (χ3v) is 4.94. The lowest BCUT2D eigenvalue weighted by Gasteiger charge is -2.22. The molecule has 134 valence electrons. The van der Waals surface area contributed by atoms with Crippen molar-refractivity contribution in [3.8, 4) is 5.75 Å². The van der Waals surface area contributed by atoms with Crippen molar-refractivity contribution in [3.05, 3.63) is 63.7 Å². The van der Waals surface area contributed by atoms with E-state index < -0.39 is 6.10 Å². The molecule has 0 fully saturated rings. The summed E-state index contributed by atoms with van der Waals surface area (Å²) in [4.78, 5) is 12.6. The monoisotopic (exact) mass is 339 g/mol. The van der Waals surface area contributed by atoms with E-state index in [2.05, 4.69) is 38.2 Å². The van der Waals surface area contributed by atoms with Gasteiger partial charge < -0.3 is 10.1 Å². The maximum absolute atomic E-state index is 12.6. The normalized spacial score (nSPS) is 13.2. The molecule has 3 nitrogen and oxygen atoms in total. The van der Waals surface area contributed by atoms with Gasteiger partial charge in [0.2, 0.25) is 0 Å². The van der Waals surface area contributed by atoms with Crippen LogP contribution in [0.5, 0.6) is 5.75 Å². The zero-order chi connectivity index (χ0) is 18.7. The van der Waals surface area contributed by atoms with Gasteiger partial charge in [0.15, 0.2) is 6.10 Å². The predicted octanol–water partition coefficient (Wildman–Crippen LogP) is 4.87. The van der Waals surface area contributed by atoms with E-state index in [4.69, 9.17) is 4.74 Å². The van der Waals surface area contributed by atoms with E-state index in [0.717, 1.165) is 22.4 Å². The number of hydrogen-bond donors (Lipinski definition) is 1. The Hall–Kier alpha value is -2.29. The van der Waals surface area contributed by atoms with Gasteiger partial charge in [-0.1, -0.05) is 24.3 Å². The second-order valence-electron chi connectivity index (χ2n) is 6.98.